The number of hydrogen-bond acceptors (Lipinski definition) is 9. The molecule has 0 saturated heterocycles. The molecule has 0 radical (unpaired) electrons. The number of thioether (sulfide) groups is 1. The highest BCUT2D eigenvalue weighted by atomic mass is 32.2. The highest BCUT2D eigenvalue weighted by molar-refractivity contribution is 8.00. The van der Waals surface area contributed by atoms with Gasteiger partial charge >= 0.3 is 0 Å². The van der Waals surface area contributed by atoms with Gasteiger partial charge in [0.2, 0.25) is 10.9 Å². The molecule has 0 amide bonds. The van der Waals surface area contributed by atoms with E-state index >= 15 is 0 Å². The Morgan fingerprint density at radius 1 is 1.15 bits per heavy atom. The number of nitrogens with one attached hydrogen (secondary N) is 1. The van der Waals surface area contributed by atoms with E-state index in [9.17, 15) is 0 Å². The van der Waals surface area contributed by atoms with Crippen molar-refractivity contribution < 1.29 is 13.7 Å². The Labute approximate surface area is 157 Å². The maximum Gasteiger partial charge on any atom is 0.210 e. The summed E-state index contributed by atoms with van der Waals surface area (Å²) in [6.07, 6.45) is 1.60. The standard InChI is InChI=1S/C17H14N4O3S2/c1-22-13-6-4-11(5-7-13)18-16-19-20-17(26-16)25-10-12-9-15(24-21-12)14-3-2-8-23-14/h2-9H,10H2,1H3,(H,18,19). The van der Waals surface area contributed by atoms with E-state index in [1.165, 1.54) is 11.3 Å². The van der Waals surface area contributed by atoms with Crippen LogP contribution in [-0.4, -0.2) is 22.5 Å². The van der Waals surface area contributed by atoms with Crippen molar-refractivity contribution in [2.75, 3.05) is 12.4 Å². The second-order valence-electron chi connectivity index (χ2n) is 5.18. The molecule has 0 aliphatic carbocycles. The Morgan fingerprint density at radius 2 is 2.04 bits per heavy atom. The van der Waals surface area contributed by atoms with Crippen LogP contribution in [0.5, 0.6) is 5.75 Å². The zero-order chi connectivity index (χ0) is 17.8. The largest absolute Gasteiger partial charge is 0.497 e. The first-order chi connectivity index (χ1) is 12.8. The SMILES string of the molecule is COc1ccc(Nc2nnc(SCc3cc(-c4ccco4)on3)s2)cc1. The number of benzene rings is 1. The van der Waals surface area contributed by atoms with Crippen molar-refractivity contribution in [2.24, 2.45) is 0 Å². The smallest absolute Gasteiger partial charge is 0.210 e. The third-order valence-corrected chi connectivity index (χ3v) is 5.42. The predicted octanol–water partition coefficient (Wildman–Crippen LogP) is 4.83. The van der Waals surface area contributed by atoms with Crippen molar-refractivity contribution in [1.29, 1.82) is 0 Å². The summed E-state index contributed by atoms with van der Waals surface area (Å²) in [5, 5.41) is 16.4. The maximum absolute atomic E-state index is 5.29. The van der Waals surface area contributed by atoms with Crippen molar-refractivity contribution in [3.63, 3.8) is 0 Å². The zero-order valence-electron chi connectivity index (χ0n) is 13.7. The molecule has 9 heteroatoms. The normalized spacial score (nSPS) is 10.8. The minimum atomic E-state index is 0.615. The van der Waals surface area contributed by atoms with Crippen molar-refractivity contribution >= 4 is 33.9 Å². The van der Waals surface area contributed by atoms with Crippen LogP contribution in [0.1, 0.15) is 5.69 Å². The van der Waals surface area contributed by atoms with Gasteiger partial charge in [-0.05, 0) is 36.4 Å². The molecule has 0 fully saturated rings. The third-order valence-electron chi connectivity index (χ3n) is 3.41. The van der Waals surface area contributed by atoms with Gasteiger partial charge in [0.05, 0.1) is 19.1 Å². The van der Waals surface area contributed by atoms with Gasteiger partial charge in [-0.25, -0.2) is 0 Å². The van der Waals surface area contributed by atoms with Crippen LogP contribution in [-0.2, 0) is 5.75 Å². The first-order valence-corrected chi connectivity index (χ1v) is 9.47. The molecule has 0 bridgehead atoms. The van der Waals surface area contributed by atoms with Crippen molar-refractivity contribution in [3.05, 3.63) is 54.4 Å². The van der Waals surface area contributed by atoms with Crippen LogP contribution >= 0.6 is 23.1 Å². The molecule has 3 aromatic heterocycles. The number of anilines is 2. The molecule has 0 atom stereocenters. The lowest BCUT2D eigenvalue weighted by atomic mass is 10.3. The van der Waals surface area contributed by atoms with Gasteiger partial charge in [0.15, 0.2) is 10.1 Å². The summed E-state index contributed by atoms with van der Waals surface area (Å²) in [6.45, 7) is 0. The summed E-state index contributed by atoms with van der Waals surface area (Å²) in [5.41, 5.74) is 1.75. The lowest BCUT2D eigenvalue weighted by Gasteiger charge is -2.03. The molecule has 1 aromatic carbocycles. The van der Waals surface area contributed by atoms with Gasteiger partial charge < -0.3 is 19.0 Å². The second kappa shape index (κ2) is 7.63. The molecule has 0 spiro atoms. The van der Waals surface area contributed by atoms with E-state index in [0.29, 0.717) is 17.3 Å². The monoisotopic (exact) mass is 386 g/mol. The predicted molar refractivity (Wildman–Crippen MR) is 100.0 cm³/mol. The van der Waals surface area contributed by atoms with Crippen molar-refractivity contribution in [2.45, 2.75) is 10.1 Å². The van der Waals surface area contributed by atoms with E-state index in [-0.39, 0.29) is 0 Å². The summed E-state index contributed by atoms with van der Waals surface area (Å²) in [5.74, 6) is 2.73. The topological polar surface area (TPSA) is 86.2 Å². The van der Waals surface area contributed by atoms with Crippen LogP contribution in [0.25, 0.3) is 11.5 Å². The number of rotatable bonds is 7. The summed E-state index contributed by atoms with van der Waals surface area (Å²) >= 11 is 3.04. The Kier molecular flexibility index (Phi) is 4.89. The number of aromatic nitrogens is 3. The third kappa shape index (κ3) is 3.89. The van der Waals surface area contributed by atoms with Crippen LogP contribution in [0.2, 0.25) is 0 Å². The van der Waals surface area contributed by atoms with Gasteiger partial charge in [-0.2, -0.15) is 0 Å². The highest BCUT2D eigenvalue weighted by Crippen LogP contribution is 2.31. The molecule has 1 N–H and O–H groups in total. The molecular weight excluding hydrogens is 372 g/mol. The average molecular weight is 386 g/mol. The Balaban J connectivity index is 1.34. The number of ether oxygens (including phenoxy) is 1. The van der Waals surface area contributed by atoms with Crippen LogP contribution in [0.4, 0.5) is 10.8 Å². The number of furan rings is 1. The first kappa shape index (κ1) is 16.7. The van der Waals surface area contributed by atoms with E-state index in [1.54, 1.807) is 25.1 Å². The maximum atomic E-state index is 5.29. The van der Waals surface area contributed by atoms with Gasteiger partial charge in [-0.15, -0.1) is 10.2 Å². The molecule has 3 heterocycles. The summed E-state index contributed by atoms with van der Waals surface area (Å²) in [7, 11) is 1.64. The van der Waals surface area contributed by atoms with Crippen LogP contribution < -0.4 is 10.1 Å². The van der Waals surface area contributed by atoms with E-state index in [2.05, 4.69) is 20.7 Å². The quantitative estimate of drug-likeness (QED) is 0.452. The summed E-state index contributed by atoms with van der Waals surface area (Å²) in [4.78, 5) is 0. The lowest BCUT2D eigenvalue weighted by molar-refractivity contribution is 0.413. The molecule has 132 valence electrons. The van der Waals surface area contributed by atoms with Gasteiger partial charge in [0, 0.05) is 17.5 Å². The molecule has 0 aliphatic rings. The fraction of sp³-hybridized carbons (Fsp3) is 0.118. The lowest BCUT2D eigenvalue weighted by Crippen LogP contribution is -1.89. The molecule has 0 unspecified atom stereocenters. The van der Waals surface area contributed by atoms with Crippen LogP contribution in [0.15, 0.2) is 62.0 Å². The highest BCUT2D eigenvalue weighted by Gasteiger charge is 2.11. The van der Waals surface area contributed by atoms with E-state index in [0.717, 1.165) is 26.6 Å². The Hall–Kier alpha value is -2.78. The average Bonchev–Trinajstić information content (AvgIpc) is 3.42. The fourth-order valence-electron chi connectivity index (χ4n) is 2.17. The molecule has 26 heavy (non-hydrogen) atoms. The molecule has 4 aromatic rings. The molecule has 0 aliphatic heterocycles. The second-order valence-corrected chi connectivity index (χ2v) is 7.38. The summed E-state index contributed by atoms with van der Waals surface area (Å²) < 4.78 is 16.6. The minimum Gasteiger partial charge on any atom is -0.497 e. The van der Waals surface area contributed by atoms with Crippen LogP contribution in [0, 0.1) is 0 Å². The minimum absolute atomic E-state index is 0.615. The van der Waals surface area contributed by atoms with Crippen LogP contribution in [0.3, 0.4) is 0 Å². The van der Waals surface area contributed by atoms with E-state index in [1.807, 2.05) is 42.5 Å². The number of methoxy groups -OCH3 is 1. The van der Waals surface area contributed by atoms with Gasteiger partial charge in [0.25, 0.3) is 0 Å². The summed E-state index contributed by atoms with van der Waals surface area (Å²) in [6, 6.07) is 13.1. The van der Waals surface area contributed by atoms with Crippen molar-refractivity contribution in [3.8, 4) is 17.3 Å². The van der Waals surface area contributed by atoms with E-state index in [4.69, 9.17) is 13.7 Å². The zero-order valence-corrected chi connectivity index (χ0v) is 15.3. The first-order valence-electron chi connectivity index (χ1n) is 7.67. The van der Waals surface area contributed by atoms with Gasteiger partial charge in [0.1, 0.15) is 5.75 Å². The number of nitrogens with zero attached hydrogens (tertiary/aromatic N) is 3. The molecule has 0 saturated carbocycles. The fourth-order valence-corrected chi connectivity index (χ4v) is 3.82. The van der Waals surface area contributed by atoms with Gasteiger partial charge in [-0.3, -0.25) is 0 Å². The number of hydrogen-bond donors (Lipinski definition) is 1. The van der Waals surface area contributed by atoms with E-state index < -0.39 is 0 Å². The van der Waals surface area contributed by atoms with Gasteiger partial charge in [-0.1, -0.05) is 28.3 Å². The molecule has 7 nitrogen and oxygen atoms in total. The molecular formula is C17H14N4O3S2. The Bertz CT molecular complexity index is 964. The Morgan fingerprint density at radius 3 is 2.81 bits per heavy atom. The molecule has 4 rings (SSSR count). The van der Waals surface area contributed by atoms with Crippen molar-refractivity contribution in [1.82, 2.24) is 15.4 Å².